The zero-order valence-corrected chi connectivity index (χ0v) is 18.2. The van der Waals surface area contributed by atoms with Gasteiger partial charge in [0.15, 0.2) is 0 Å². The van der Waals surface area contributed by atoms with Gasteiger partial charge in [0.05, 0.1) is 37.2 Å². The highest BCUT2D eigenvalue weighted by molar-refractivity contribution is 5.99. The quantitative estimate of drug-likeness (QED) is 0.365. The third-order valence-corrected chi connectivity index (χ3v) is 4.86. The van der Waals surface area contributed by atoms with Gasteiger partial charge in [-0.3, -0.25) is 4.79 Å². The molecule has 0 aliphatic carbocycles. The number of amides is 1. The molecular weight excluding hydrogens is 410 g/mol. The molecular formula is C24H23N3O5. The van der Waals surface area contributed by atoms with Gasteiger partial charge in [0.1, 0.15) is 0 Å². The normalized spacial score (nSPS) is 10.8. The molecule has 3 rings (SSSR count). The number of benzene rings is 2. The topological polar surface area (TPSA) is 99.0 Å². The molecule has 1 aromatic heterocycles. The SMILES string of the molecule is COC(=O)c1cccc(C=NNC(=O)c2ccc(C(=O)OC)c(-n3c(C)ccc3C)c2)c1. The highest BCUT2D eigenvalue weighted by Crippen LogP contribution is 2.23. The Kier molecular flexibility index (Phi) is 6.84. The first-order valence-corrected chi connectivity index (χ1v) is 9.75. The van der Waals surface area contributed by atoms with E-state index < -0.39 is 17.8 Å². The molecule has 8 nitrogen and oxygen atoms in total. The number of aryl methyl sites for hydroxylation is 2. The van der Waals surface area contributed by atoms with Crippen LogP contribution in [0.2, 0.25) is 0 Å². The average molecular weight is 433 g/mol. The van der Waals surface area contributed by atoms with Crippen molar-refractivity contribution in [1.82, 2.24) is 9.99 Å². The molecule has 0 spiro atoms. The van der Waals surface area contributed by atoms with E-state index in [1.54, 1.807) is 36.4 Å². The Bertz CT molecular complexity index is 1190. The van der Waals surface area contributed by atoms with Gasteiger partial charge in [0.2, 0.25) is 0 Å². The fourth-order valence-electron chi connectivity index (χ4n) is 3.28. The van der Waals surface area contributed by atoms with Crippen LogP contribution in [0.1, 0.15) is 48.0 Å². The Morgan fingerprint density at radius 2 is 1.56 bits per heavy atom. The van der Waals surface area contributed by atoms with Gasteiger partial charge in [-0.2, -0.15) is 5.10 Å². The van der Waals surface area contributed by atoms with Crippen molar-refractivity contribution in [3.8, 4) is 5.69 Å². The molecule has 0 saturated carbocycles. The van der Waals surface area contributed by atoms with E-state index in [4.69, 9.17) is 9.47 Å². The maximum Gasteiger partial charge on any atom is 0.339 e. The van der Waals surface area contributed by atoms with Crippen molar-refractivity contribution in [2.75, 3.05) is 14.2 Å². The number of carbonyl (C=O) groups excluding carboxylic acids is 3. The molecule has 0 unspecified atom stereocenters. The summed E-state index contributed by atoms with van der Waals surface area (Å²) in [6, 6.07) is 15.2. The van der Waals surface area contributed by atoms with E-state index in [1.807, 2.05) is 30.5 Å². The first-order chi connectivity index (χ1) is 15.3. The molecule has 0 aliphatic rings. The van der Waals surface area contributed by atoms with Gasteiger partial charge in [-0.25, -0.2) is 15.0 Å². The minimum atomic E-state index is -0.497. The zero-order chi connectivity index (χ0) is 23.3. The van der Waals surface area contributed by atoms with Gasteiger partial charge >= 0.3 is 11.9 Å². The fourth-order valence-corrected chi connectivity index (χ4v) is 3.28. The van der Waals surface area contributed by atoms with Gasteiger partial charge in [-0.05, 0) is 61.9 Å². The molecule has 8 heteroatoms. The van der Waals surface area contributed by atoms with E-state index >= 15 is 0 Å². The number of aromatic nitrogens is 1. The van der Waals surface area contributed by atoms with Gasteiger partial charge in [-0.15, -0.1) is 0 Å². The lowest BCUT2D eigenvalue weighted by Gasteiger charge is -2.15. The van der Waals surface area contributed by atoms with Gasteiger partial charge in [0, 0.05) is 17.0 Å². The van der Waals surface area contributed by atoms with Crippen molar-refractivity contribution in [1.29, 1.82) is 0 Å². The third kappa shape index (κ3) is 4.75. The number of nitrogens with zero attached hydrogens (tertiary/aromatic N) is 2. The number of hydrazone groups is 1. The lowest BCUT2D eigenvalue weighted by atomic mass is 10.1. The summed E-state index contributed by atoms with van der Waals surface area (Å²) in [5, 5.41) is 3.97. The molecule has 1 amide bonds. The van der Waals surface area contributed by atoms with Crippen LogP contribution in [0.5, 0.6) is 0 Å². The molecule has 3 aromatic rings. The Morgan fingerprint density at radius 1 is 0.875 bits per heavy atom. The standard InChI is InChI=1S/C24H23N3O5/c1-15-8-9-16(2)27(15)21-13-18(10-11-20(21)24(30)32-4)22(28)26-25-14-17-6-5-7-19(12-17)23(29)31-3/h5-14H,1-4H3,(H,26,28). The first-order valence-electron chi connectivity index (χ1n) is 9.75. The number of methoxy groups -OCH3 is 2. The van der Waals surface area contributed by atoms with Gasteiger partial charge in [-0.1, -0.05) is 12.1 Å². The van der Waals surface area contributed by atoms with E-state index in [0.717, 1.165) is 11.4 Å². The molecule has 1 heterocycles. The molecule has 0 aliphatic heterocycles. The smallest absolute Gasteiger partial charge is 0.339 e. The van der Waals surface area contributed by atoms with Crippen LogP contribution in [-0.4, -0.2) is 42.8 Å². The van der Waals surface area contributed by atoms with Crippen LogP contribution in [0.25, 0.3) is 5.69 Å². The molecule has 0 atom stereocenters. The second-order valence-electron chi connectivity index (χ2n) is 6.99. The summed E-state index contributed by atoms with van der Waals surface area (Å²) in [6.45, 7) is 3.82. The van der Waals surface area contributed by atoms with E-state index in [1.165, 1.54) is 26.5 Å². The summed E-state index contributed by atoms with van der Waals surface area (Å²) in [5.74, 6) is -1.41. The maximum absolute atomic E-state index is 12.7. The molecule has 164 valence electrons. The van der Waals surface area contributed by atoms with Crippen molar-refractivity contribution < 1.29 is 23.9 Å². The number of esters is 2. The largest absolute Gasteiger partial charge is 0.465 e. The minimum absolute atomic E-state index is 0.320. The lowest BCUT2D eigenvalue weighted by Crippen LogP contribution is -2.19. The highest BCUT2D eigenvalue weighted by atomic mass is 16.5. The Labute approximate surface area is 185 Å². The molecule has 0 fully saturated rings. The fraction of sp³-hybridized carbons (Fsp3) is 0.167. The monoisotopic (exact) mass is 433 g/mol. The van der Waals surface area contributed by atoms with Crippen LogP contribution >= 0.6 is 0 Å². The number of rotatable bonds is 6. The van der Waals surface area contributed by atoms with Crippen LogP contribution in [-0.2, 0) is 9.47 Å². The summed E-state index contributed by atoms with van der Waals surface area (Å²) < 4.78 is 11.5. The Morgan fingerprint density at radius 3 is 2.22 bits per heavy atom. The van der Waals surface area contributed by atoms with Crippen molar-refractivity contribution in [3.63, 3.8) is 0 Å². The van der Waals surface area contributed by atoms with Crippen LogP contribution in [0.3, 0.4) is 0 Å². The molecule has 0 bridgehead atoms. The van der Waals surface area contributed by atoms with Crippen LogP contribution in [0, 0.1) is 13.8 Å². The Balaban J connectivity index is 1.86. The van der Waals surface area contributed by atoms with Crippen molar-refractivity contribution in [2.24, 2.45) is 5.10 Å². The van der Waals surface area contributed by atoms with Gasteiger partial charge in [0.25, 0.3) is 5.91 Å². The summed E-state index contributed by atoms with van der Waals surface area (Å²) >= 11 is 0. The number of hydrogen-bond acceptors (Lipinski definition) is 6. The van der Waals surface area contributed by atoms with Gasteiger partial charge < -0.3 is 14.0 Å². The maximum atomic E-state index is 12.7. The second kappa shape index (κ2) is 9.74. The first kappa shape index (κ1) is 22.5. The Hall–Kier alpha value is -4.20. The number of ether oxygens (including phenoxy) is 2. The second-order valence-corrected chi connectivity index (χ2v) is 6.99. The van der Waals surface area contributed by atoms with Crippen LogP contribution < -0.4 is 5.43 Å². The van der Waals surface area contributed by atoms with E-state index in [9.17, 15) is 14.4 Å². The van der Waals surface area contributed by atoms with Crippen LogP contribution in [0.15, 0.2) is 59.7 Å². The summed E-state index contributed by atoms with van der Waals surface area (Å²) in [4.78, 5) is 36.6. The van der Waals surface area contributed by atoms with E-state index in [0.29, 0.717) is 27.9 Å². The predicted molar refractivity (Wildman–Crippen MR) is 119 cm³/mol. The average Bonchev–Trinajstić information content (AvgIpc) is 3.15. The molecule has 2 aromatic carbocycles. The zero-order valence-electron chi connectivity index (χ0n) is 18.2. The molecule has 1 N–H and O–H groups in total. The number of hydrogen-bond donors (Lipinski definition) is 1. The minimum Gasteiger partial charge on any atom is -0.465 e. The number of nitrogens with one attached hydrogen (secondary N) is 1. The van der Waals surface area contributed by atoms with E-state index in [-0.39, 0.29) is 0 Å². The van der Waals surface area contributed by atoms with Crippen LogP contribution in [0.4, 0.5) is 0 Å². The third-order valence-electron chi connectivity index (χ3n) is 4.86. The predicted octanol–water partition coefficient (Wildman–Crippen LogP) is 3.43. The molecule has 32 heavy (non-hydrogen) atoms. The summed E-state index contributed by atoms with van der Waals surface area (Å²) in [6.07, 6.45) is 1.42. The lowest BCUT2D eigenvalue weighted by molar-refractivity contribution is 0.0591. The highest BCUT2D eigenvalue weighted by Gasteiger charge is 2.18. The van der Waals surface area contributed by atoms with Crippen molar-refractivity contribution in [2.45, 2.75) is 13.8 Å². The molecule has 0 saturated heterocycles. The van der Waals surface area contributed by atoms with E-state index in [2.05, 4.69) is 10.5 Å². The molecule has 0 radical (unpaired) electrons. The van der Waals surface area contributed by atoms with Crippen molar-refractivity contribution >= 4 is 24.1 Å². The summed E-state index contributed by atoms with van der Waals surface area (Å²) in [7, 11) is 2.62. The summed E-state index contributed by atoms with van der Waals surface area (Å²) in [5.41, 5.74) is 6.49. The van der Waals surface area contributed by atoms with Crippen molar-refractivity contribution in [3.05, 3.63) is 88.2 Å². The number of carbonyl (C=O) groups is 3.